The van der Waals surface area contributed by atoms with E-state index in [2.05, 4.69) is 29.4 Å². The molecule has 28 heavy (non-hydrogen) atoms. The van der Waals surface area contributed by atoms with Crippen LogP contribution in [0.3, 0.4) is 0 Å². The average molecular weight is 396 g/mol. The van der Waals surface area contributed by atoms with Gasteiger partial charge in [-0.3, -0.25) is 9.59 Å². The van der Waals surface area contributed by atoms with Crippen LogP contribution in [0, 0.1) is 6.92 Å². The van der Waals surface area contributed by atoms with Gasteiger partial charge in [0.1, 0.15) is 5.01 Å². The highest BCUT2D eigenvalue weighted by Crippen LogP contribution is 2.31. The van der Waals surface area contributed by atoms with Gasteiger partial charge in [0.05, 0.1) is 10.2 Å². The summed E-state index contributed by atoms with van der Waals surface area (Å²) in [5.74, 6) is -1.07. The summed E-state index contributed by atoms with van der Waals surface area (Å²) in [6.45, 7) is 7.25. The van der Waals surface area contributed by atoms with Crippen LogP contribution in [0.15, 0.2) is 42.5 Å². The Labute approximate surface area is 169 Å². The fraction of sp³-hybridized carbons (Fsp3) is 0.318. The molecule has 1 heterocycles. The summed E-state index contributed by atoms with van der Waals surface area (Å²) in [5, 5.41) is 3.64. The van der Waals surface area contributed by atoms with Gasteiger partial charge in [0.2, 0.25) is 0 Å². The first-order chi connectivity index (χ1) is 13.5. The number of nitrogens with zero attached hydrogens (tertiary/aromatic N) is 2. The molecular weight excluding hydrogens is 370 g/mol. The number of fused-ring (bicyclic) bond motifs is 1. The van der Waals surface area contributed by atoms with Gasteiger partial charge in [0.15, 0.2) is 0 Å². The molecule has 0 spiro atoms. The molecule has 146 valence electrons. The number of aromatic nitrogens is 1. The van der Waals surface area contributed by atoms with Crippen LogP contribution >= 0.6 is 11.3 Å². The van der Waals surface area contributed by atoms with Crippen molar-refractivity contribution in [1.29, 1.82) is 0 Å². The molecule has 0 fully saturated rings. The molecule has 3 rings (SSSR count). The summed E-state index contributed by atoms with van der Waals surface area (Å²) >= 11 is 1.64. The van der Waals surface area contributed by atoms with Crippen LogP contribution in [0.25, 0.3) is 20.8 Å². The highest BCUT2D eigenvalue weighted by atomic mass is 32.1. The molecule has 1 aromatic heterocycles. The number of nitrogens with one attached hydrogen (secondary N) is 1. The predicted molar refractivity (Wildman–Crippen MR) is 116 cm³/mol. The number of carbonyl (C=O) groups excluding carboxylic acids is 2. The van der Waals surface area contributed by atoms with Crippen LogP contribution in [0.4, 0.5) is 5.69 Å². The highest BCUT2D eigenvalue weighted by Gasteiger charge is 2.20. The number of carbonyl (C=O) groups is 2. The summed E-state index contributed by atoms with van der Waals surface area (Å²) in [6, 6.07) is 13.7. The predicted octanol–water partition coefficient (Wildman–Crippen LogP) is 4.86. The van der Waals surface area contributed by atoms with Crippen molar-refractivity contribution in [1.82, 2.24) is 9.88 Å². The van der Waals surface area contributed by atoms with E-state index in [0.29, 0.717) is 18.8 Å². The van der Waals surface area contributed by atoms with Gasteiger partial charge in [-0.1, -0.05) is 19.9 Å². The summed E-state index contributed by atoms with van der Waals surface area (Å²) in [6.07, 6.45) is 1.66. The highest BCUT2D eigenvalue weighted by molar-refractivity contribution is 7.21. The third-order valence-corrected chi connectivity index (χ3v) is 5.47. The lowest BCUT2D eigenvalue weighted by Crippen LogP contribution is -2.40. The molecule has 0 saturated heterocycles. The molecule has 0 unspecified atom stereocenters. The number of hydrogen-bond donors (Lipinski definition) is 1. The molecule has 0 aliphatic carbocycles. The van der Waals surface area contributed by atoms with Crippen molar-refractivity contribution < 1.29 is 9.59 Å². The smallest absolute Gasteiger partial charge is 0.313 e. The monoisotopic (exact) mass is 395 g/mol. The van der Waals surface area contributed by atoms with Gasteiger partial charge in [0.25, 0.3) is 0 Å². The van der Waals surface area contributed by atoms with Crippen LogP contribution in [0.5, 0.6) is 0 Å². The van der Waals surface area contributed by atoms with Crippen molar-refractivity contribution in [2.45, 2.75) is 33.6 Å². The van der Waals surface area contributed by atoms with Gasteiger partial charge < -0.3 is 10.2 Å². The standard InChI is InChI=1S/C22H25N3O2S/c1-4-12-25(13-5-2)22(27)20(26)23-17-9-7-16(8-10-17)21-24-18-11-6-15(3)14-19(18)28-21/h6-11,14H,4-5,12-13H2,1-3H3,(H,23,26). The second-order valence-electron chi connectivity index (χ2n) is 6.81. The summed E-state index contributed by atoms with van der Waals surface area (Å²) in [4.78, 5) is 30.9. The largest absolute Gasteiger partial charge is 0.334 e. The molecule has 6 heteroatoms. The third kappa shape index (κ3) is 4.57. The fourth-order valence-corrected chi connectivity index (χ4v) is 4.10. The lowest BCUT2D eigenvalue weighted by atomic mass is 10.2. The zero-order chi connectivity index (χ0) is 20.1. The summed E-state index contributed by atoms with van der Waals surface area (Å²) in [7, 11) is 0. The Morgan fingerprint density at radius 3 is 2.36 bits per heavy atom. The molecular formula is C22H25N3O2S. The molecule has 0 aliphatic heterocycles. The van der Waals surface area contributed by atoms with Crippen LogP contribution in [-0.4, -0.2) is 34.8 Å². The fourth-order valence-electron chi connectivity index (χ4n) is 3.03. The minimum Gasteiger partial charge on any atom is -0.334 e. The SMILES string of the molecule is CCCN(CCC)C(=O)C(=O)Nc1ccc(-c2nc3ccc(C)cc3s2)cc1. The van der Waals surface area contributed by atoms with Gasteiger partial charge in [-0.2, -0.15) is 0 Å². The molecule has 0 radical (unpaired) electrons. The number of benzene rings is 2. The summed E-state index contributed by atoms with van der Waals surface area (Å²) in [5.41, 5.74) is 3.79. The van der Waals surface area contributed by atoms with Crippen LogP contribution in [-0.2, 0) is 9.59 Å². The zero-order valence-electron chi connectivity index (χ0n) is 16.5. The number of anilines is 1. The van der Waals surface area contributed by atoms with Crippen LogP contribution in [0.1, 0.15) is 32.3 Å². The van der Waals surface area contributed by atoms with E-state index < -0.39 is 11.8 Å². The van der Waals surface area contributed by atoms with Crippen molar-refractivity contribution in [2.24, 2.45) is 0 Å². The Hall–Kier alpha value is -2.73. The van der Waals surface area contributed by atoms with Crippen molar-refractivity contribution in [3.63, 3.8) is 0 Å². The van der Waals surface area contributed by atoms with E-state index in [4.69, 9.17) is 0 Å². The van der Waals surface area contributed by atoms with Gasteiger partial charge >= 0.3 is 11.8 Å². The number of thiazole rings is 1. The second-order valence-corrected chi connectivity index (χ2v) is 7.84. The van der Waals surface area contributed by atoms with E-state index in [9.17, 15) is 9.59 Å². The van der Waals surface area contributed by atoms with Crippen LogP contribution in [0.2, 0.25) is 0 Å². The van der Waals surface area contributed by atoms with Gasteiger partial charge in [0, 0.05) is 24.3 Å². The van der Waals surface area contributed by atoms with Crippen molar-refractivity contribution in [2.75, 3.05) is 18.4 Å². The Morgan fingerprint density at radius 1 is 1.04 bits per heavy atom. The van der Waals surface area contributed by atoms with E-state index in [1.54, 1.807) is 16.2 Å². The first-order valence-corrected chi connectivity index (χ1v) is 10.4. The van der Waals surface area contributed by atoms with Gasteiger partial charge in [-0.05, 0) is 61.7 Å². The first-order valence-electron chi connectivity index (χ1n) is 9.59. The maximum atomic E-state index is 12.3. The van der Waals surface area contributed by atoms with E-state index in [0.717, 1.165) is 33.6 Å². The maximum Gasteiger partial charge on any atom is 0.313 e. The van der Waals surface area contributed by atoms with E-state index >= 15 is 0 Å². The van der Waals surface area contributed by atoms with E-state index in [-0.39, 0.29) is 0 Å². The minimum atomic E-state index is -0.592. The Bertz CT molecular complexity index is 973. The van der Waals surface area contributed by atoms with Gasteiger partial charge in [-0.15, -0.1) is 11.3 Å². The molecule has 0 atom stereocenters. The van der Waals surface area contributed by atoms with E-state index in [1.807, 2.05) is 44.2 Å². The minimum absolute atomic E-state index is 0.477. The number of rotatable bonds is 6. The molecule has 2 amide bonds. The Balaban J connectivity index is 1.71. The lowest BCUT2D eigenvalue weighted by Gasteiger charge is -2.20. The molecule has 2 aromatic carbocycles. The molecule has 0 saturated carbocycles. The number of hydrogen-bond acceptors (Lipinski definition) is 4. The van der Waals surface area contributed by atoms with Crippen molar-refractivity contribution >= 4 is 39.1 Å². The molecule has 5 nitrogen and oxygen atoms in total. The van der Waals surface area contributed by atoms with E-state index in [1.165, 1.54) is 5.56 Å². The zero-order valence-corrected chi connectivity index (χ0v) is 17.3. The molecule has 1 N–H and O–H groups in total. The second kappa shape index (κ2) is 8.97. The topological polar surface area (TPSA) is 62.3 Å². The quantitative estimate of drug-likeness (QED) is 0.606. The van der Waals surface area contributed by atoms with Crippen LogP contribution < -0.4 is 5.32 Å². The Kier molecular flexibility index (Phi) is 6.41. The summed E-state index contributed by atoms with van der Waals surface area (Å²) < 4.78 is 1.16. The number of aryl methyl sites for hydroxylation is 1. The molecule has 0 bridgehead atoms. The first kappa shape index (κ1) is 20.0. The van der Waals surface area contributed by atoms with Crippen molar-refractivity contribution in [3.05, 3.63) is 48.0 Å². The normalized spacial score (nSPS) is 10.8. The third-order valence-electron chi connectivity index (χ3n) is 4.40. The maximum absolute atomic E-state index is 12.3. The average Bonchev–Trinajstić information content (AvgIpc) is 3.11. The number of amides is 2. The molecule has 3 aromatic rings. The Morgan fingerprint density at radius 2 is 1.71 bits per heavy atom. The lowest BCUT2D eigenvalue weighted by molar-refractivity contribution is -0.143. The van der Waals surface area contributed by atoms with Crippen molar-refractivity contribution in [3.8, 4) is 10.6 Å². The van der Waals surface area contributed by atoms with Gasteiger partial charge in [-0.25, -0.2) is 4.98 Å². The molecule has 0 aliphatic rings.